The van der Waals surface area contributed by atoms with Crippen molar-refractivity contribution in [2.45, 2.75) is 0 Å². The van der Waals surface area contributed by atoms with E-state index in [0.717, 1.165) is 5.69 Å². The summed E-state index contributed by atoms with van der Waals surface area (Å²) in [5.74, 6) is 2.10. The Morgan fingerprint density at radius 3 is 2.52 bits per heavy atom. The minimum Gasteiger partial charge on any atom is -0.493 e. The number of nitrogens with zero attached hydrogens (tertiary/aromatic N) is 4. The van der Waals surface area contributed by atoms with Crippen molar-refractivity contribution in [2.24, 2.45) is 0 Å². The van der Waals surface area contributed by atoms with Crippen LogP contribution in [0.2, 0.25) is 0 Å². The molecule has 156 valence electrons. The summed E-state index contributed by atoms with van der Waals surface area (Å²) in [5.41, 5.74) is 1.47. The lowest BCUT2D eigenvalue weighted by Gasteiger charge is -2.11. The molecule has 0 atom stereocenters. The predicted molar refractivity (Wildman–Crippen MR) is 116 cm³/mol. The van der Waals surface area contributed by atoms with E-state index < -0.39 is 0 Å². The van der Waals surface area contributed by atoms with Crippen molar-refractivity contribution in [3.05, 3.63) is 79.4 Å². The minimum atomic E-state index is -0.272. The highest BCUT2D eigenvalue weighted by molar-refractivity contribution is 5.92. The molecule has 2 aromatic carbocycles. The van der Waals surface area contributed by atoms with Gasteiger partial charge in [0.2, 0.25) is 0 Å². The van der Waals surface area contributed by atoms with Gasteiger partial charge in [0.1, 0.15) is 12.1 Å². The predicted octanol–water partition coefficient (Wildman–Crippen LogP) is 3.43. The molecule has 0 radical (unpaired) electrons. The maximum absolute atomic E-state index is 12.2. The number of aromatic nitrogens is 4. The van der Waals surface area contributed by atoms with Gasteiger partial charge in [0.15, 0.2) is 23.9 Å². The summed E-state index contributed by atoms with van der Waals surface area (Å²) >= 11 is 0. The van der Waals surface area contributed by atoms with Crippen LogP contribution in [0.15, 0.2) is 79.4 Å². The largest absolute Gasteiger partial charge is 0.493 e. The lowest BCUT2D eigenvalue weighted by molar-refractivity contribution is -0.118. The van der Waals surface area contributed by atoms with E-state index in [1.165, 1.54) is 6.33 Å². The molecule has 31 heavy (non-hydrogen) atoms. The van der Waals surface area contributed by atoms with Crippen LogP contribution in [-0.2, 0) is 4.79 Å². The van der Waals surface area contributed by atoms with Crippen LogP contribution in [0.3, 0.4) is 0 Å². The molecule has 9 nitrogen and oxygen atoms in total. The zero-order valence-electron chi connectivity index (χ0n) is 16.7. The first-order chi connectivity index (χ1) is 15.2. The molecular formula is C22H20N6O3. The first kappa shape index (κ1) is 19.9. The van der Waals surface area contributed by atoms with E-state index in [2.05, 4.69) is 25.7 Å². The molecule has 4 rings (SSSR count). The molecule has 9 heteroatoms. The summed E-state index contributed by atoms with van der Waals surface area (Å²) in [6.45, 7) is -0.127. The van der Waals surface area contributed by atoms with E-state index in [1.54, 1.807) is 54.5 Å². The van der Waals surface area contributed by atoms with Gasteiger partial charge in [-0.2, -0.15) is 5.10 Å². The number of hydrogen-bond donors (Lipinski definition) is 2. The summed E-state index contributed by atoms with van der Waals surface area (Å²) < 4.78 is 12.4. The number of hydrogen-bond acceptors (Lipinski definition) is 7. The van der Waals surface area contributed by atoms with E-state index in [1.807, 2.05) is 30.3 Å². The molecule has 0 unspecified atom stereocenters. The molecule has 0 spiro atoms. The van der Waals surface area contributed by atoms with Crippen molar-refractivity contribution in [3.63, 3.8) is 0 Å². The molecule has 0 bridgehead atoms. The number of amides is 1. The first-order valence-corrected chi connectivity index (χ1v) is 9.46. The Bertz CT molecular complexity index is 1150. The van der Waals surface area contributed by atoms with Crippen molar-refractivity contribution in [2.75, 3.05) is 24.4 Å². The number of benzene rings is 2. The monoisotopic (exact) mass is 416 g/mol. The van der Waals surface area contributed by atoms with Crippen molar-refractivity contribution < 1.29 is 14.3 Å². The normalized spacial score (nSPS) is 10.4. The third kappa shape index (κ3) is 5.15. The van der Waals surface area contributed by atoms with E-state index >= 15 is 0 Å². The second-order valence-electron chi connectivity index (χ2n) is 6.40. The van der Waals surface area contributed by atoms with Gasteiger partial charge in [-0.25, -0.2) is 14.6 Å². The lowest BCUT2D eigenvalue weighted by atomic mass is 10.2. The molecule has 0 aliphatic heterocycles. The number of carbonyl (C=O) groups is 1. The molecule has 2 N–H and O–H groups in total. The molecular weight excluding hydrogens is 396 g/mol. The fourth-order valence-corrected chi connectivity index (χ4v) is 2.81. The molecule has 2 heterocycles. The summed E-state index contributed by atoms with van der Waals surface area (Å²) in [6.07, 6.45) is 4.96. The highest BCUT2D eigenvalue weighted by Crippen LogP contribution is 2.25. The Hall–Kier alpha value is -4.40. The standard InChI is InChI=1S/C22H20N6O3/c1-30-18-5-2-3-6-19(18)31-14-22(29)27-17-9-7-16(8-10-17)26-20-13-21(24-15-23-20)28-12-4-11-25-28/h2-13,15H,14H2,1H3,(H,27,29)(H,23,24,26). The quantitative estimate of drug-likeness (QED) is 0.454. The topological polar surface area (TPSA) is 103 Å². The molecule has 0 saturated heterocycles. The summed E-state index contributed by atoms with van der Waals surface area (Å²) in [6, 6.07) is 18.0. The Kier molecular flexibility index (Phi) is 6.03. The van der Waals surface area contributed by atoms with Crippen LogP contribution >= 0.6 is 0 Å². The number of ether oxygens (including phenoxy) is 2. The average Bonchev–Trinajstić information content (AvgIpc) is 3.34. The maximum Gasteiger partial charge on any atom is 0.262 e. The van der Waals surface area contributed by atoms with Gasteiger partial charge in [-0.15, -0.1) is 0 Å². The fraction of sp³-hybridized carbons (Fsp3) is 0.0909. The van der Waals surface area contributed by atoms with Gasteiger partial charge >= 0.3 is 0 Å². The van der Waals surface area contributed by atoms with Crippen LogP contribution in [0, 0.1) is 0 Å². The van der Waals surface area contributed by atoms with E-state index in [-0.39, 0.29) is 12.5 Å². The third-order valence-corrected chi connectivity index (χ3v) is 4.26. The molecule has 0 saturated carbocycles. The Labute approximate surface area is 178 Å². The first-order valence-electron chi connectivity index (χ1n) is 9.46. The maximum atomic E-state index is 12.2. The fourth-order valence-electron chi connectivity index (χ4n) is 2.81. The highest BCUT2D eigenvalue weighted by Gasteiger charge is 2.08. The zero-order valence-corrected chi connectivity index (χ0v) is 16.7. The van der Waals surface area contributed by atoms with Crippen LogP contribution in [0.25, 0.3) is 5.82 Å². The van der Waals surface area contributed by atoms with Crippen molar-refractivity contribution >= 4 is 23.1 Å². The molecule has 1 amide bonds. The number of methoxy groups -OCH3 is 1. The second-order valence-corrected chi connectivity index (χ2v) is 6.40. The summed E-state index contributed by atoms with van der Waals surface area (Å²) in [4.78, 5) is 20.6. The Balaban J connectivity index is 1.33. The van der Waals surface area contributed by atoms with Gasteiger partial charge in [-0.05, 0) is 42.5 Å². The van der Waals surface area contributed by atoms with Gasteiger partial charge in [-0.1, -0.05) is 12.1 Å². The third-order valence-electron chi connectivity index (χ3n) is 4.26. The van der Waals surface area contributed by atoms with E-state index in [9.17, 15) is 4.79 Å². The highest BCUT2D eigenvalue weighted by atomic mass is 16.5. The molecule has 4 aromatic rings. The van der Waals surface area contributed by atoms with Crippen LogP contribution in [0.4, 0.5) is 17.2 Å². The van der Waals surface area contributed by atoms with Gasteiger partial charge in [0.05, 0.1) is 7.11 Å². The van der Waals surface area contributed by atoms with Crippen LogP contribution in [0.1, 0.15) is 0 Å². The minimum absolute atomic E-state index is 0.127. The molecule has 2 aromatic heterocycles. The van der Waals surface area contributed by atoms with Gasteiger partial charge in [0, 0.05) is 29.8 Å². The summed E-state index contributed by atoms with van der Waals surface area (Å²) in [7, 11) is 1.55. The zero-order chi connectivity index (χ0) is 21.5. The molecule has 0 aliphatic rings. The average molecular weight is 416 g/mol. The summed E-state index contributed by atoms with van der Waals surface area (Å²) in [5, 5.41) is 10.2. The molecule has 0 fully saturated rings. The SMILES string of the molecule is COc1ccccc1OCC(=O)Nc1ccc(Nc2cc(-n3cccn3)ncn2)cc1. The number of rotatable bonds is 8. The second kappa shape index (κ2) is 9.40. The Morgan fingerprint density at radius 2 is 1.77 bits per heavy atom. The lowest BCUT2D eigenvalue weighted by Crippen LogP contribution is -2.20. The molecule has 0 aliphatic carbocycles. The van der Waals surface area contributed by atoms with Gasteiger partial charge in [-0.3, -0.25) is 4.79 Å². The van der Waals surface area contributed by atoms with Gasteiger partial charge in [0.25, 0.3) is 5.91 Å². The van der Waals surface area contributed by atoms with E-state index in [0.29, 0.717) is 28.8 Å². The Morgan fingerprint density at radius 1 is 1.00 bits per heavy atom. The van der Waals surface area contributed by atoms with Crippen molar-refractivity contribution in [1.82, 2.24) is 19.7 Å². The van der Waals surface area contributed by atoms with Crippen molar-refractivity contribution in [3.8, 4) is 17.3 Å². The van der Waals surface area contributed by atoms with Crippen LogP contribution in [0.5, 0.6) is 11.5 Å². The number of nitrogens with one attached hydrogen (secondary N) is 2. The smallest absolute Gasteiger partial charge is 0.262 e. The van der Waals surface area contributed by atoms with Crippen LogP contribution in [-0.4, -0.2) is 39.4 Å². The number of anilines is 3. The van der Waals surface area contributed by atoms with Crippen LogP contribution < -0.4 is 20.1 Å². The number of carbonyl (C=O) groups excluding carboxylic acids is 1. The number of para-hydroxylation sites is 2. The van der Waals surface area contributed by atoms with Gasteiger partial charge < -0.3 is 20.1 Å². The van der Waals surface area contributed by atoms with E-state index in [4.69, 9.17) is 9.47 Å². The van der Waals surface area contributed by atoms with Crippen molar-refractivity contribution in [1.29, 1.82) is 0 Å².